The van der Waals surface area contributed by atoms with Gasteiger partial charge in [0.2, 0.25) is 0 Å². The molecule has 2 aromatic rings. The highest BCUT2D eigenvalue weighted by molar-refractivity contribution is 5.92. The van der Waals surface area contributed by atoms with Crippen LogP contribution in [0.25, 0.3) is 10.9 Å². The van der Waals surface area contributed by atoms with Crippen molar-refractivity contribution in [2.75, 3.05) is 0 Å². The largest absolute Gasteiger partial charge is 0.477 e. The molecule has 1 fully saturated rings. The first-order valence-corrected chi connectivity index (χ1v) is 6.92. The first kappa shape index (κ1) is 12.9. The molecule has 0 amide bonds. The lowest BCUT2D eigenvalue weighted by atomic mass is 9.98. The van der Waals surface area contributed by atoms with Gasteiger partial charge in [0.05, 0.1) is 5.52 Å². The third-order valence-electron chi connectivity index (χ3n) is 3.85. The van der Waals surface area contributed by atoms with E-state index in [4.69, 9.17) is 0 Å². The molecule has 20 heavy (non-hydrogen) atoms. The number of carboxylic acids is 1. The first-order chi connectivity index (χ1) is 9.50. The number of fused-ring (bicyclic) bond motifs is 1. The number of aromatic nitrogens is 1. The van der Waals surface area contributed by atoms with Crippen LogP contribution >= 0.6 is 0 Å². The van der Waals surface area contributed by atoms with Gasteiger partial charge in [-0.15, -0.1) is 0 Å². The minimum Gasteiger partial charge on any atom is -0.477 e. The Bertz CT molecular complexity index is 754. The number of rotatable bonds is 3. The second-order valence-corrected chi connectivity index (χ2v) is 5.70. The summed E-state index contributed by atoms with van der Waals surface area (Å²) in [5.74, 6) is -0.790. The Kier molecular flexibility index (Phi) is 2.89. The molecule has 1 N–H and O–H groups in total. The number of carboxylic acid groups (broad SMARTS) is 1. The number of nitrogens with zero attached hydrogens (tertiary/aromatic N) is 1. The van der Waals surface area contributed by atoms with Gasteiger partial charge in [-0.2, -0.15) is 0 Å². The van der Waals surface area contributed by atoms with Crippen LogP contribution in [0, 0.1) is 0 Å². The molecule has 1 saturated carbocycles. The molecule has 0 saturated heterocycles. The van der Waals surface area contributed by atoms with Crippen LogP contribution < -0.4 is 5.43 Å². The third kappa shape index (κ3) is 1.92. The molecule has 1 aromatic heterocycles. The van der Waals surface area contributed by atoms with E-state index in [1.54, 1.807) is 6.07 Å². The number of hydrogen-bond acceptors (Lipinski definition) is 2. The normalized spacial score (nSPS) is 14.9. The zero-order valence-corrected chi connectivity index (χ0v) is 11.6. The fourth-order valence-corrected chi connectivity index (χ4v) is 2.76. The van der Waals surface area contributed by atoms with E-state index in [2.05, 4.69) is 13.8 Å². The highest BCUT2D eigenvalue weighted by Crippen LogP contribution is 2.39. The van der Waals surface area contributed by atoms with Gasteiger partial charge in [-0.25, -0.2) is 4.79 Å². The van der Waals surface area contributed by atoms with Crippen molar-refractivity contribution < 1.29 is 9.90 Å². The predicted molar refractivity (Wildman–Crippen MR) is 77.5 cm³/mol. The number of para-hydroxylation sites is 1. The van der Waals surface area contributed by atoms with Gasteiger partial charge in [-0.1, -0.05) is 26.0 Å². The summed E-state index contributed by atoms with van der Waals surface area (Å²) in [6.07, 6.45) is 1.95. The maximum atomic E-state index is 12.2. The van der Waals surface area contributed by atoms with E-state index in [-0.39, 0.29) is 23.1 Å². The minimum atomic E-state index is -1.03. The SMILES string of the molecule is CC(C)c1cccc2c(=O)cc(C(=O)O)n(C3CC3)c12. The molecular formula is C16H17NO3. The van der Waals surface area contributed by atoms with Gasteiger partial charge in [-0.05, 0) is 30.4 Å². The molecule has 0 aliphatic heterocycles. The fraction of sp³-hybridized carbons (Fsp3) is 0.375. The quantitative estimate of drug-likeness (QED) is 0.932. The van der Waals surface area contributed by atoms with Gasteiger partial charge in [0.25, 0.3) is 0 Å². The molecule has 104 valence electrons. The summed E-state index contributed by atoms with van der Waals surface area (Å²) in [5.41, 5.74) is 1.74. The molecule has 4 nitrogen and oxygen atoms in total. The van der Waals surface area contributed by atoms with Crippen molar-refractivity contribution >= 4 is 16.9 Å². The fourth-order valence-electron chi connectivity index (χ4n) is 2.76. The summed E-state index contributed by atoms with van der Waals surface area (Å²) in [7, 11) is 0. The van der Waals surface area contributed by atoms with Crippen molar-refractivity contribution in [3.8, 4) is 0 Å². The van der Waals surface area contributed by atoms with E-state index in [0.717, 1.165) is 23.9 Å². The summed E-state index contributed by atoms with van der Waals surface area (Å²) in [5, 5.41) is 10.0. The van der Waals surface area contributed by atoms with Gasteiger partial charge in [0.1, 0.15) is 5.69 Å². The highest BCUT2D eigenvalue weighted by atomic mass is 16.4. The van der Waals surface area contributed by atoms with Gasteiger partial charge >= 0.3 is 5.97 Å². The van der Waals surface area contributed by atoms with Crippen molar-refractivity contribution in [1.82, 2.24) is 4.57 Å². The maximum absolute atomic E-state index is 12.2. The summed E-state index contributed by atoms with van der Waals surface area (Å²) >= 11 is 0. The molecule has 0 bridgehead atoms. The molecule has 1 aliphatic rings. The second-order valence-electron chi connectivity index (χ2n) is 5.70. The Morgan fingerprint density at radius 3 is 2.60 bits per heavy atom. The van der Waals surface area contributed by atoms with Gasteiger partial charge in [0, 0.05) is 17.5 Å². The molecule has 0 unspecified atom stereocenters. The van der Waals surface area contributed by atoms with E-state index >= 15 is 0 Å². The zero-order valence-electron chi connectivity index (χ0n) is 11.6. The number of hydrogen-bond donors (Lipinski definition) is 1. The lowest BCUT2D eigenvalue weighted by Gasteiger charge is -2.18. The number of carbonyl (C=O) groups is 1. The van der Waals surface area contributed by atoms with E-state index in [1.165, 1.54) is 6.07 Å². The van der Waals surface area contributed by atoms with E-state index in [9.17, 15) is 14.7 Å². The summed E-state index contributed by atoms with van der Waals surface area (Å²) in [4.78, 5) is 23.7. The summed E-state index contributed by atoms with van der Waals surface area (Å²) in [6, 6.07) is 7.11. The number of pyridine rings is 1. The van der Waals surface area contributed by atoms with E-state index < -0.39 is 5.97 Å². The van der Waals surface area contributed by atoms with Crippen LogP contribution in [0.15, 0.2) is 29.1 Å². The monoisotopic (exact) mass is 271 g/mol. The number of aromatic carboxylic acids is 1. The molecule has 0 radical (unpaired) electrons. The van der Waals surface area contributed by atoms with Crippen LogP contribution in [0.1, 0.15) is 54.7 Å². The van der Waals surface area contributed by atoms with Gasteiger partial charge < -0.3 is 9.67 Å². The van der Waals surface area contributed by atoms with E-state index in [1.807, 2.05) is 16.7 Å². The maximum Gasteiger partial charge on any atom is 0.352 e. The molecule has 1 heterocycles. The van der Waals surface area contributed by atoms with Crippen LogP contribution in [0.3, 0.4) is 0 Å². The topological polar surface area (TPSA) is 59.3 Å². The minimum absolute atomic E-state index is 0.109. The zero-order chi connectivity index (χ0) is 14.4. The molecule has 4 heteroatoms. The van der Waals surface area contributed by atoms with Crippen LogP contribution in [0.5, 0.6) is 0 Å². The van der Waals surface area contributed by atoms with Gasteiger partial charge in [0.15, 0.2) is 5.43 Å². The molecule has 3 rings (SSSR count). The van der Waals surface area contributed by atoms with Crippen LogP contribution in [-0.2, 0) is 0 Å². The average Bonchev–Trinajstić information content (AvgIpc) is 3.22. The first-order valence-electron chi connectivity index (χ1n) is 6.92. The second kappa shape index (κ2) is 4.47. The summed E-state index contributed by atoms with van der Waals surface area (Å²) < 4.78 is 1.86. The smallest absolute Gasteiger partial charge is 0.352 e. The standard InChI is InChI=1S/C16H17NO3/c1-9(2)11-4-3-5-12-14(18)8-13(16(19)20)17(15(11)12)10-6-7-10/h3-5,8-10H,6-7H2,1-2H3,(H,19,20). The van der Waals surface area contributed by atoms with Crippen LogP contribution in [0.4, 0.5) is 0 Å². The molecule has 0 spiro atoms. The molecule has 1 aromatic carbocycles. The average molecular weight is 271 g/mol. The Morgan fingerprint density at radius 2 is 2.05 bits per heavy atom. The van der Waals surface area contributed by atoms with Crippen molar-refractivity contribution in [1.29, 1.82) is 0 Å². The molecular weight excluding hydrogens is 254 g/mol. The van der Waals surface area contributed by atoms with Crippen molar-refractivity contribution in [3.05, 3.63) is 45.7 Å². The van der Waals surface area contributed by atoms with Crippen LogP contribution in [-0.4, -0.2) is 15.6 Å². The Hall–Kier alpha value is -2.10. The number of benzene rings is 1. The lowest BCUT2D eigenvalue weighted by Crippen LogP contribution is -2.18. The van der Waals surface area contributed by atoms with Crippen molar-refractivity contribution in [2.45, 2.75) is 38.6 Å². The Labute approximate surface area is 116 Å². The van der Waals surface area contributed by atoms with E-state index in [0.29, 0.717) is 5.39 Å². The third-order valence-corrected chi connectivity index (χ3v) is 3.85. The van der Waals surface area contributed by atoms with Crippen molar-refractivity contribution in [3.63, 3.8) is 0 Å². The Morgan fingerprint density at radius 1 is 1.35 bits per heavy atom. The predicted octanol–water partition coefficient (Wildman–Crippen LogP) is 3.16. The van der Waals surface area contributed by atoms with Crippen LogP contribution in [0.2, 0.25) is 0 Å². The molecule has 1 aliphatic carbocycles. The van der Waals surface area contributed by atoms with Crippen molar-refractivity contribution in [2.24, 2.45) is 0 Å². The summed E-state index contributed by atoms with van der Waals surface area (Å²) in [6.45, 7) is 4.12. The lowest BCUT2D eigenvalue weighted by molar-refractivity contribution is 0.0684. The Balaban J connectivity index is 2.50. The van der Waals surface area contributed by atoms with Gasteiger partial charge in [-0.3, -0.25) is 4.79 Å². The molecule has 0 atom stereocenters. The highest BCUT2D eigenvalue weighted by Gasteiger charge is 2.30.